The zero-order valence-electron chi connectivity index (χ0n) is 11.6. The fourth-order valence-corrected chi connectivity index (χ4v) is 4.35. The molecule has 0 spiro atoms. The summed E-state index contributed by atoms with van der Waals surface area (Å²) >= 11 is 0. The molecular weight excluding hydrogens is 237 g/mol. The molecule has 98 valence electrons. The highest BCUT2D eigenvalue weighted by molar-refractivity contribution is 5.81. The lowest BCUT2D eigenvalue weighted by atomic mass is 9.70. The molecule has 2 bridgehead atoms. The molecule has 2 heteroatoms. The minimum Gasteiger partial charge on any atom is -0.249 e. The van der Waals surface area contributed by atoms with Crippen molar-refractivity contribution in [3.05, 3.63) is 41.3 Å². The number of fused-ring (bicyclic) bond motifs is 6. The highest BCUT2D eigenvalue weighted by atomic mass is 19.1. The third-order valence-corrected chi connectivity index (χ3v) is 5.95. The summed E-state index contributed by atoms with van der Waals surface area (Å²) in [7, 11) is 0. The van der Waals surface area contributed by atoms with Crippen molar-refractivity contribution < 1.29 is 4.39 Å². The van der Waals surface area contributed by atoms with Gasteiger partial charge in [-0.05, 0) is 41.9 Å². The van der Waals surface area contributed by atoms with Crippen molar-refractivity contribution in [1.82, 2.24) is 4.98 Å². The Morgan fingerprint density at radius 1 is 1.26 bits per heavy atom. The van der Waals surface area contributed by atoms with E-state index >= 15 is 0 Å². The molecule has 1 heterocycles. The molecule has 2 aromatic rings. The topological polar surface area (TPSA) is 12.9 Å². The van der Waals surface area contributed by atoms with Crippen molar-refractivity contribution in [2.24, 2.45) is 5.41 Å². The van der Waals surface area contributed by atoms with Crippen LogP contribution in [0.5, 0.6) is 0 Å². The molecule has 0 saturated heterocycles. The summed E-state index contributed by atoms with van der Waals surface area (Å²) in [4.78, 5) is 4.73. The van der Waals surface area contributed by atoms with Crippen LogP contribution in [0.25, 0.3) is 10.9 Å². The van der Waals surface area contributed by atoms with E-state index < -0.39 is 0 Å². The summed E-state index contributed by atoms with van der Waals surface area (Å²) in [5, 5.41) is 0.936. The first-order valence-corrected chi connectivity index (χ1v) is 7.05. The maximum atomic E-state index is 14.0. The molecule has 2 aliphatic rings. The minimum absolute atomic E-state index is 0.101. The maximum Gasteiger partial charge on any atom is 0.149 e. The Morgan fingerprint density at radius 3 is 2.84 bits per heavy atom. The van der Waals surface area contributed by atoms with Crippen molar-refractivity contribution in [3.63, 3.8) is 0 Å². The van der Waals surface area contributed by atoms with Crippen molar-refractivity contribution in [3.8, 4) is 0 Å². The largest absolute Gasteiger partial charge is 0.249 e. The van der Waals surface area contributed by atoms with Gasteiger partial charge < -0.3 is 0 Å². The Hall–Kier alpha value is -1.44. The number of pyridine rings is 1. The number of hydrogen-bond acceptors (Lipinski definition) is 1. The number of aromatic nitrogens is 1. The highest BCUT2D eigenvalue weighted by Gasteiger charge is 2.60. The quantitative estimate of drug-likeness (QED) is 0.673. The van der Waals surface area contributed by atoms with Gasteiger partial charge in [0, 0.05) is 10.8 Å². The zero-order chi connectivity index (χ0) is 13.4. The molecule has 1 saturated carbocycles. The molecule has 0 amide bonds. The van der Waals surface area contributed by atoms with Crippen LogP contribution in [0.2, 0.25) is 0 Å². The van der Waals surface area contributed by atoms with E-state index in [1.54, 1.807) is 6.07 Å². The van der Waals surface area contributed by atoms with Gasteiger partial charge in [0.15, 0.2) is 0 Å². The molecule has 1 nitrogen and oxygen atoms in total. The molecule has 1 fully saturated rings. The number of para-hydroxylation sites is 1. The van der Waals surface area contributed by atoms with E-state index in [4.69, 9.17) is 4.98 Å². The normalized spacial score (nSPS) is 30.8. The lowest BCUT2D eigenvalue weighted by Gasteiger charge is -2.34. The van der Waals surface area contributed by atoms with Crippen molar-refractivity contribution in [1.29, 1.82) is 0 Å². The summed E-state index contributed by atoms with van der Waals surface area (Å²) in [6, 6.07) is 7.42. The minimum atomic E-state index is -0.204. The van der Waals surface area contributed by atoms with Gasteiger partial charge in [-0.25, -0.2) is 9.37 Å². The molecule has 4 rings (SSSR count). The number of rotatable bonds is 0. The SMILES string of the molecule is CC1(C)[C@@H]2CC[C@@]1(C)c1nc3c(F)cccc3cc12. The van der Waals surface area contributed by atoms with Crippen LogP contribution in [0.1, 0.15) is 50.8 Å². The summed E-state index contributed by atoms with van der Waals surface area (Å²) in [5.74, 6) is 0.372. The Balaban J connectivity index is 2.09. The molecule has 2 atom stereocenters. The number of halogens is 1. The van der Waals surface area contributed by atoms with Crippen molar-refractivity contribution in [2.75, 3.05) is 0 Å². The van der Waals surface area contributed by atoms with E-state index in [2.05, 4.69) is 26.8 Å². The lowest BCUT2D eigenvalue weighted by Crippen LogP contribution is -2.32. The average Bonchev–Trinajstić information content (AvgIpc) is 2.69. The Kier molecular flexibility index (Phi) is 1.90. The van der Waals surface area contributed by atoms with E-state index in [9.17, 15) is 4.39 Å². The molecule has 0 unspecified atom stereocenters. The van der Waals surface area contributed by atoms with Crippen LogP contribution < -0.4 is 0 Å². The predicted molar refractivity (Wildman–Crippen MR) is 74.8 cm³/mol. The second-order valence-corrected chi connectivity index (χ2v) is 6.88. The van der Waals surface area contributed by atoms with Gasteiger partial charge in [-0.15, -0.1) is 0 Å². The molecule has 0 aliphatic heterocycles. The van der Waals surface area contributed by atoms with Gasteiger partial charge in [0.05, 0.1) is 5.69 Å². The fraction of sp³-hybridized carbons (Fsp3) is 0.471. The van der Waals surface area contributed by atoms with Gasteiger partial charge in [0.1, 0.15) is 11.3 Å². The van der Waals surface area contributed by atoms with Gasteiger partial charge in [-0.1, -0.05) is 32.9 Å². The monoisotopic (exact) mass is 255 g/mol. The number of nitrogens with zero attached hydrogens (tertiary/aromatic N) is 1. The Bertz CT molecular complexity index is 704. The van der Waals surface area contributed by atoms with Gasteiger partial charge in [0.2, 0.25) is 0 Å². The molecule has 2 aliphatic carbocycles. The van der Waals surface area contributed by atoms with Gasteiger partial charge >= 0.3 is 0 Å². The first-order valence-electron chi connectivity index (χ1n) is 7.05. The third-order valence-electron chi connectivity index (χ3n) is 5.95. The predicted octanol–water partition coefficient (Wildman–Crippen LogP) is 4.55. The van der Waals surface area contributed by atoms with Crippen LogP contribution in [0.15, 0.2) is 24.3 Å². The average molecular weight is 255 g/mol. The third kappa shape index (κ3) is 1.14. The molecule has 1 aromatic heterocycles. The van der Waals surface area contributed by atoms with Crippen LogP contribution in [-0.2, 0) is 5.41 Å². The van der Waals surface area contributed by atoms with Gasteiger partial charge in [0.25, 0.3) is 0 Å². The smallest absolute Gasteiger partial charge is 0.149 e. The Labute approximate surface area is 112 Å². The number of benzene rings is 1. The van der Waals surface area contributed by atoms with Gasteiger partial charge in [-0.2, -0.15) is 0 Å². The van der Waals surface area contributed by atoms with E-state index in [-0.39, 0.29) is 16.6 Å². The summed E-state index contributed by atoms with van der Waals surface area (Å²) < 4.78 is 14.0. The fourth-order valence-electron chi connectivity index (χ4n) is 4.35. The van der Waals surface area contributed by atoms with Crippen molar-refractivity contribution in [2.45, 2.75) is 44.9 Å². The van der Waals surface area contributed by atoms with Crippen LogP contribution in [0.3, 0.4) is 0 Å². The molecule has 0 radical (unpaired) electrons. The first-order chi connectivity index (χ1) is 8.95. The Morgan fingerprint density at radius 2 is 2.05 bits per heavy atom. The van der Waals surface area contributed by atoms with Crippen LogP contribution in [0, 0.1) is 11.2 Å². The van der Waals surface area contributed by atoms with Crippen molar-refractivity contribution >= 4 is 10.9 Å². The van der Waals surface area contributed by atoms with E-state index in [1.165, 1.54) is 24.5 Å². The second-order valence-electron chi connectivity index (χ2n) is 6.88. The summed E-state index contributed by atoms with van der Waals surface area (Å²) in [6.07, 6.45) is 2.41. The van der Waals surface area contributed by atoms with Gasteiger partial charge in [-0.3, -0.25) is 0 Å². The second kappa shape index (κ2) is 3.17. The van der Waals surface area contributed by atoms with E-state index in [1.807, 2.05) is 6.07 Å². The van der Waals surface area contributed by atoms with E-state index in [0.29, 0.717) is 11.4 Å². The first kappa shape index (κ1) is 11.4. The van der Waals surface area contributed by atoms with Crippen LogP contribution in [0.4, 0.5) is 4.39 Å². The summed E-state index contributed by atoms with van der Waals surface area (Å²) in [6.45, 7) is 6.99. The van der Waals surface area contributed by atoms with Crippen LogP contribution >= 0.6 is 0 Å². The summed E-state index contributed by atoms with van der Waals surface area (Å²) in [5.41, 5.74) is 3.37. The molecule has 0 N–H and O–H groups in total. The standard InChI is InChI=1S/C17H18FN/c1-16(2)12-7-8-17(16,3)15-11(12)9-10-5-4-6-13(18)14(10)19-15/h4-6,9,12H,7-8H2,1-3H3/t12-,17+/m1/s1. The molecule has 1 aromatic carbocycles. The van der Waals surface area contributed by atoms with Crippen LogP contribution in [-0.4, -0.2) is 4.98 Å². The number of hydrogen-bond donors (Lipinski definition) is 0. The maximum absolute atomic E-state index is 14.0. The lowest BCUT2D eigenvalue weighted by molar-refractivity contribution is 0.227. The molecule has 19 heavy (non-hydrogen) atoms. The highest BCUT2D eigenvalue weighted by Crippen LogP contribution is 2.67. The molecular formula is C17H18FN. The van der Waals surface area contributed by atoms with E-state index in [0.717, 1.165) is 11.1 Å². The zero-order valence-corrected chi connectivity index (χ0v) is 11.6.